The lowest BCUT2D eigenvalue weighted by molar-refractivity contribution is -0.161. The number of esters is 4. The van der Waals surface area contributed by atoms with Crippen LogP contribution in [0.1, 0.15) is 376 Å². The van der Waals surface area contributed by atoms with Gasteiger partial charge in [0.15, 0.2) is 12.2 Å². The number of hydrogen-bond acceptors (Lipinski definition) is 15. The van der Waals surface area contributed by atoms with E-state index in [0.29, 0.717) is 25.7 Å². The van der Waals surface area contributed by atoms with E-state index in [2.05, 4.69) is 48.5 Å². The molecule has 0 aromatic rings. The molecular formula is C74H144O17P2. The van der Waals surface area contributed by atoms with Gasteiger partial charge in [-0.05, 0) is 43.4 Å². The summed E-state index contributed by atoms with van der Waals surface area (Å²) in [6.45, 7) is 11.8. The van der Waals surface area contributed by atoms with Gasteiger partial charge in [-0.2, -0.15) is 0 Å². The van der Waals surface area contributed by atoms with E-state index >= 15 is 0 Å². The third-order valence-electron chi connectivity index (χ3n) is 17.5. The third kappa shape index (κ3) is 67.0. The summed E-state index contributed by atoms with van der Waals surface area (Å²) in [6.07, 6.45) is 49.9. The van der Waals surface area contributed by atoms with Crippen molar-refractivity contribution in [2.24, 2.45) is 17.8 Å². The van der Waals surface area contributed by atoms with Gasteiger partial charge in [-0.15, -0.1) is 0 Å². The van der Waals surface area contributed by atoms with Crippen LogP contribution in [0.4, 0.5) is 0 Å². The molecule has 0 aliphatic rings. The lowest BCUT2D eigenvalue weighted by atomic mass is 10.00. The SMILES string of the molecule is CCCCCCCCCCCCCCCCCC(=O)OC[C@H](COP(=O)(O)OC[C@@H](O)COP(=O)(O)OC[C@@H](COC(=O)CCCCCCCCC(C)CC)OC(=O)CCCCCCCCCCCC(C)C)OC(=O)CCCCCCCCCCCCCCCC(C)C. The van der Waals surface area contributed by atoms with Crippen LogP contribution in [0, 0.1) is 17.8 Å². The molecule has 552 valence electrons. The molecule has 0 aliphatic carbocycles. The van der Waals surface area contributed by atoms with E-state index in [1.54, 1.807) is 0 Å². The number of unbranched alkanes of at least 4 members (excludes halogenated alkanes) is 39. The topological polar surface area (TPSA) is 237 Å². The number of ether oxygens (including phenoxy) is 4. The molecule has 0 saturated heterocycles. The molecule has 6 atom stereocenters. The van der Waals surface area contributed by atoms with Gasteiger partial charge in [0, 0.05) is 25.7 Å². The lowest BCUT2D eigenvalue weighted by Gasteiger charge is -2.21. The predicted octanol–water partition coefficient (Wildman–Crippen LogP) is 21.4. The van der Waals surface area contributed by atoms with Crippen LogP contribution < -0.4 is 0 Å². The van der Waals surface area contributed by atoms with E-state index in [4.69, 9.17) is 37.0 Å². The molecule has 0 heterocycles. The zero-order valence-electron chi connectivity index (χ0n) is 60.7. The number of hydrogen-bond donors (Lipinski definition) is 3. The molecule has 3 unspecified atom stereocenters. The van der Waals surface area contributed by atoms with Crippen LogP contribution in [0.5, 0.6) is 0 Å². The summed E-state index contributed by atoms with van der Waals surface area (Å²) in [5, 5.41) is 10.6. The van der Waals surface area contributed by atoms with Crippen LogP contribution in [0.15, 0.2) is 0 Å². The number of phosphoric ester groups is 2. The molecule has 0 aromatic heterocycles. The average molecular weight is 1370 g/mol. The Hall–Kier alpha value is -1.94. The Morgan fingerprint density at radius 2 is 0.548 bits per heavy atom. The highest BCUT2D eigenvalue weighted by atomic mass is 31.2. The first-order valence-corrected chi connectivity index (χ1v) is 41.4. The van der Waals surface area contributed by atoms with Gasteiger partial charge in [0.2, 0.25) is 0 Å². The average Bonchev–Trinajstić information content (AvgIpc) is 2.25. The summed E-state index contributed by atoms with van der Waals surface area (Å²) in [5.41, 5.74) is 0. The van der Waals surface area contributed by atoms with Gasteiger partial charge in [-0.25, -0.2) is 9.13 Å². The minimum absolute atomic E-state index is 0.104. The molecule has 0 aromatic carbocycles. The molecule has 0 bridgehead atoms. The molecule has 0 amide bonds. The zero-order valence-corrected chi connectivity index (χ0v) is 62.5. The first-order chi connectivity index (χ1) is 44.8. The monoisotopic (exact) mass is 1370 g/mol. The van der Waals surface area contributed by atoms with Crippen LogP contribution in [-0.4, -0.2) is 96.7 Å². The van der Waals surface area contributed by atoms with E-state index < -0.39 is 97.5 Å². The van der Waals surface area contributed by atoms with E-state index in [1.807, 2.05) is 0 Å². The van der Waals surface area contributed by atoms with Crippen LogP contribution in [0.3, 0.4) is 0 Å². The number of carbonyl (C=O) groups excluding carboxylic acids is 4. The summed E-state index contributed by atoms with van der Waals surface area (Å²) in [5.74, 6) is 0.133. The molecule has 0 rings (SSSR count). The van der Waals surface area contributed by atoms with Crippen LogP contribution >= 0.6 is 15.6 Å². The van der Waals surface area contributed by atoms with Gasteiger partial charge in [0.05, 0.1) is 26.4 Å². The maximum absolute atomic E-state index is 13.1. The van der Waals surface area contributed by atoms with Crippen molar-refractivity contribution in [2.45, 2.75) is 394 Å². The standard InChI is InChI=1S/C74H144O17P2/c1-8-10-11-12-13-14-15-16-17-20-23-28-33-41-48-55-71(76)84-61-69(90-73(78)57-50-43-34-29-24-21-18-19-22-26-31-38-45-52-65(3)4)63-88-92(80,81)86-59-68(75)60-87-93(82,83)89-64-70(62-85-72(77)56-49-42-37-36-40-47-54-67(7)9-2)91-74(79)58-51-44-35-30-25-27-32-39-46-53-66(5)6/h65-70,75H,8-64H2,1-7H3,(H,80,81)(H,82,83)/t67?,68-,69-,70-/m1/s1. The molecule has 19 heteroatoms. The fourth-order valence-corrected chi connectivity index (χ4v) is 12.8. The summed E-state index contributed by atoms with van der Waals surface area (Å²) < 4.78 is 68.4. The van der Waals surface area contributed by atoms with Crippen molar-refractivity contribution in [3.05, 3.63) is 0 Å². The Bertz CT molecular complexity index is 1820. The second-order valence-corrected chi connectivity index (χ2v) is 30.8. The van der Waals surface area contributed by atoms with E-state index in [9.17, 15) is 43.2 Å². The molecule has 93 heavy (non-hydrogen) atoms. The highest BCUT2D eigenvalue weighted by Gasteiger charge is 2.30. The molecular weight excluding hydrogens is 1220 g/mol. The van der Waals surface area contributed by atoms with E-state index in [0.717, 1.165) is 114 Å². The molecule has 0 spiro atoms. The van der Waals surface area contributed by atoms with Gasteiger partial charge in [0.25, 0.3) is 0 Å². The van der Waals surface area contributed by atoms with E-state index in [-0.39, 0.29) is 25.7 Å². The number of aliphatic hydroxyl groups excluding tert-OH is 1. The largest absolute Gasteiger partial charge is 0.472 e. The lowest BCUT2D eigenvalue weighted by Crippen LogP contribution is -2.30. The van der Waals surface area contributed by atoms with Crippen molar-refractivity contribution in [1.82, 2.24) is 0 Å². The molecule has 0 saturated carbocycles. The summed E-state index contributed by atoms with van der Waals surface area (Å²) in [4.78, 5) is 72.7. The van der Waals surface area contributed by atoms with Crippen LogP contribution in [-0.2, 0) is 65.4 Å². The van der Waals surface area contributed by atoms with Crippen molar-refractivity contribution in [3.63, 3.8) is 0 Å². The smallest absolute Gasteiger partial charge is 0.462 e. The first-order valence-electron chi connectivity index (χ1n) is 38.4. The summed E-state index contributed by atoms with van der Waals surface area (Å²) in [6, 6.07) is 0. The quantitative estimate of drug-likeness (QED) is 0.0222. The number of aliphatic hydroxyl groups is 1. The number of phosphoric acid groups is 2. The Balaban J connectivity index is 5.26. The van der Waals surface area contributed by atoms with Crippen LogP contribution in [0.25, 0.3) is 0 Å². The Morgan fingerprint density at radius 3 is 0.817 bits per heavy atom. The van der Waals surface area contributed by atoms with Crippen molar-refractivity contribution in [2.75, 3.05) is 39.6 Å². The van der Waals surface area contributed by atoms with Crippen LogP contribution in [0.2, 0.25) is 0 Å². The molecule has 0 radical (unpaired) electrons. The highest BCUT2D eigenvalue weighted by molar-refractivity contribution is 7.47. The highest BCUT2D eigenvalue weighted by Crippen LogP contribution is 2.45. The third-order valence-corrected chi connectivity index (χ3v) is 19.4. The molecule has 0 fully saturated rings. The van der Waals surface area contributed by atoms with Gasteiger partial charge < -0.3 is 33.8 Å². The summed E-state index contributed by atoms with van der Waals surface area (Å²) in [7, 11) is -9.91. The second-order valence-electron chi connectivity index (χ2n) is 27.9. The Morgan fingerprint density at radius 1 is 0.312 bits per heavy atom. The van der Waals surface area contributed by atoms with Crippen molar-refractivity contribution in [1.29, 1.82) is 0 Å². The normalized spacial score (nSPS) is 14.4. The number of carbonyl (C=O) groups is 4. The Kier molecular flexibility index (Phi) is 63.4. The number of rotatable bonds is 72. The fraction of sp³-hybridized carbons (Fsp3) is 0.946. The summed E-state index contributed by atoms with van der Waals surface area (Å²) >= 11 is 0. The van der Waals surface area contributed by atoms with Gasteiger partial charge in [-0.1, -0.05) is 325 Å². The molecule has 17 nitrogen and oxygen atoms in total. The van der Waals surface area contributed by atoms with Gasteiger partial charge in [0.1, 0.15) is 19.3 Å². The Labute approximate surface area is 568 Å². The van der Waals surface area contributed by atoms with Crippen molar-refractivity contribution in [3.8, 4) is 0 Å². The fourth-order valence-electron chi connectivity index (χ4n) is 11.2. The second kappa shape index (κ2) is 64.7. The van der Waals surface area contributed by atoms with Gasteiger partial charge >= 0.3 is 39.5 Å². The molecule has 3 N–H and O–H groups in total. The minimum Gasteiger partial charge on any atom is -0.462 e. The van der Waals surface area contributed by atoms with Crippen molar-refractivity contribution < 1.29 is 80.2 Å². The minimum atomic E-state index is -4.96. The van der Waals surface area contributed by atoms with Gasteiger partial charge in [-0.3, -0.25) is 37.3 Å². The molecule has 0 aliphatic heterocycles. The predicted molar refractivity (Wildman–Crippen MR) is 377 cm³/mol. The van der Waals surface area contributed by atoms with E-state index in [1.165, 1.54) is 180 Å². The maximum Gasteiger partial charge on any atom is 0.472 e. The zero-order chi connectivity index (χ0) is 68.7. The maximum atomic E-state index is 13.1. The first kappa shape index (κ1) is 91.1. The van der Waals surface area contributed by atoms with Crippen molar-refractivity contribution >= 4 is 39.5 Å².